The van der Waals surface area contributed by atoms with Crippen LogP contribution in [0.1, 0.15) is 17.7 Å². The summed E-state index contributed by atoms with van der Waals surface area (Å²) in [4.78, 5) is 16.0. The molecular formula is C18H21N3O2. The van der Waals surface area contributed by atoms with E-state index in [2.05, 4.69) is 6.07 Å². The molecule has 1 amide bonds. The number of likely N-dealkylation sites (N-methyl/N-ethyl adjacent to an activating group) is 1. The minimum absolute atomic E-state index is 0.00253. The fourth-order valence-electron chi connectivity index (χ4n) is 2.29. The first-order valence-corrected chi connectivity index (χ1v) is 7.58. The van der Waals surface area contributed by atoms with E-state index in [1.807, 2.05) is 47.4 Å². The molecule has 5 nitrogen and oxygen atoms in total. The van der Waals surface area contributed by atoms with Gasteiger partial charge in [0.15, 0.2) is 0 Å². The summed E-state index contributed by atoms with van der Waals surface area (Å²) in [6.45, 7) is 1.98. The zero-order valence-corrected chi connectivity index (χ0v) is 13.3. The average Bonchev–Trinajstić information content (AvgIpc) is 3.06. The third-order valence-corrected chi connectivity index (χ3v) is 3.55. The zero-order valence-electron chi connectivity index (χ0n) is 13.3. The fourth-order valence-corrected chi connectivity index (χ4v) is 2.29. The van der Waals surface area contributed by atoms with Gasteiger partial charge in [0.25, 0.3) is 0 Å². The van der Waals surface area contributed by atoms with Crippen LogP contribution in [0, 0.1) is 11.3 Å². The van der Waals surface area contributed by atoms with Gasteiger partial charge in [0.1, 0.15) is 5.76 Å². The lowest BCUT2D eigenvalue weighted by atomic mass is 10.2. The summed E-state index contributed by atoms with van der Waals surface area (Å²) in [6.07, 6.45) is 1.98. The molecule has 1 aromatic heterocycles. The minimum Gasteiger partial charge on any atom is -0.468 e. The van der Waals surface area contributed by atoms with Crippen LogP contribution in [0.4, 0.5) is 0 Å². The predicted molar refractivity (Wildman–Crippen MR) is 87.1 cm³/mol. The molecule has 0 spiro atoms. The summed E-state index contributed by atoms with van der Waals surface area (Å²) in [5, 5.41) is 8.63. The van der Waals surface area contributed by atoms with Crippen molar-refractivity contribution in [3.8, 4) is 6.07 Å². The number of nitrogens with zero attached hydrogens (tertiary/aromatic N) is 3. The van der Waals surface area contributed by atoms with Crippen LogP contribution in [0.2, 0.25) is 0 Å². The molecule has 5 heteroatoms. The molecule has 2 rings (SSSR count). The third kappa shape index (κ3) is 5.61. The Hall–Kier alpha value is -2.58. The topological polar surface area (TPSA) is 60.5 Å². The number of hydrogen-bond donors (Lipinski definition) is 0. The maximum atomic E-state index is 12.3. The van der Waals surface area contributed by atoms with Crippen LogP contribution in [-0.2, 0) is 17.9 Å². The first-order valence-electron chi connectivity index (χ1n) is 7.58. The number of rotatable bonds is 8. The van der Waals surface area contributed by atoms with E-state index in [4.69, 9.17) is 9.68 Å². The van der Waals surface area contributed by atoms with Crippen molar-refractivity contribution in [1.82, 2.24) is 9.80 Å². The Balaban J connectivity index is 2.01. The molecule has 0 unspecified atom stereocenters. The van der Waals surface area contributed by atoms with Gasteiger partial charge >= 0.3 is 0 Å². The number of hydrogen-bond acceptors (Lipinski definition) is 4. The lowest BCUT2D eigenvalue weighted by Crippen LogP contribution is -2.38. The fraction of sp³-hybridized carbons (Fsp3) is 0.333. The molecule has 1 heterocycles. The Bertz CT molecular complexity index is 632. The molecular weight excluding hydrogens is 290 g/mol. The SMILES string of the molecule is CN(CCC#N)C(=O)CN(Cc1ccccc1)Cc1ccco1. The van der Waals surface area contributed by atoms with Gasteiger partial charge in [-0.05, 0) is 17.7 Å². The molecule has 0 saturated carbocycles. The first-order chi connectivity index (χ1) is 11.2. The zero-order chi connectivity index (χ0) is 16.5. The van der Waals surface area contributed by atoms with Gasteiger partial charge in [-0.1, -0.05) is 30.3 Å². The Morgan fingerprint density at radius 3 is 2.61 bits per heavy atom. The van der Waals surface area contributed by atoms with E-state index >= 15 is 0 Å². The molecule has 0 atom stereocenters. The number of nitriles is 1. The molecule has 0 N–H and O–H groups in total. The van der Waals surface area contributed by atoms with Crippen LogP contribution in [0.25, 0.3) is 0 Å². The van der Waals surface area contributed by atoms with Gasteiger partial charge in [0.2, 0.25) is 5.91 Å². The van der Waals surface area contributed by atoms with E-state index in [1.54, 1.807) is 18.2 Å². The molecule has 0 aliphatic carbocycles. The van der Waals surface area contributed by atoms with E-state index in [9.17, 15) is 4.79 Å². The summed E-state index contributed by atoms with van der Waals surface area (Å²) >= 11 is 0. The van der Waals surface area contributed by atoms with Crippen LogP contribution < -0.4 is 0 Å². The molecule has 0 radical (unpaired) electrons. The van der Waals surface area contributed by atoms with Crippen molar-refractivity contribution in [3.63, 3.8) is 0 Å². The third-order valence-electron chi connectivity index (χ3n) is 3.55. The van der Waals surface area contributed by atoms with Gasteiger partial charge < -0.3 is 9.32 Å². The van der Waals surface area contributed by atoms with Crippen molar-refractivity contribution in [3.05, 3.63) is 60.1 Å². The van der Waals surface area contributed by atoms with Crippen LogP contribution in [0.5, 0.6) is 0 Å². The molecule has 2 aromatic rings. The highest BCUT2D eigenvalue weighted by molar-refractivity contribution is 5.78. The molecule has 0 bridgehead atoms. The Kier molecular flexibility index (Phi) is 6.40. The summed E-state index contributed by atoms with van der Waals surface area (Å²) in [6, 6.07) is 15.8. The Morgan fingerprint density at radius 1 is 1.17 bits per heavy atom. The van der Waals surface area contributed by atoms with Gasteiger partial charge in [0, 0.05) is 20.1 Å². The molecule has 1 aromatic carbocycles. The van der Waals surface area contributed by atoms with Crippen LogP contribution in [0.3, 0.4) is 0 Å². The van der Waals surface area contributed by atoms with E-state index in [0.29, 0.717) is 26.1 Å². The van der Waals surface area contributed by atoms with Gasteiger partial charge in [-0.3, -0.25) is 9.69 Å². The number of carbonyl (C=O) groups is 1. The molecule has 120 valence electrons. The highest BCUT2D eigenvalue weighted by atomic mass is 16.3. The molecule has 0 fully saturated rings. The second kappa shape index (κ2) is 8.76. The molecule has 0 aliphatic heterocycles. The van der Waals surface area contributed by atoms with E-state index in [-0.39, 0.29) is 12.5 Å². The number of amides is 1. The molecule has 0 aliphatic rings. The minimum atomic E-state index is 0.00253. The molecule has 23 heavy (non-hydrogen) atoms. The van der Waals surface area contributed by atoms with E-state index in [0.717, 1.165) is 11.3 Å². The van der Waals surface area contributed by atoms with E-state index < -0.39 is 0 Å². The highest BCUT2D eigenvalue weighted by Gasteiger charge is 2.16. The summed E-state index contributed by atoms with van der Waals surface area (Å²) in [5.41, 5.74) is 1.14. The largest absolute Gasteiger partial charge is 0.468 e. The summed E-state index contributed by atoms with van der Waals surface area (Å²) in [7, 11) is 1.73. The average molecular weight is 311 g/mol. The summed E-state index contributed by atoms with van der Waals surface area (Å²) in [5.74, 6) is 0.830. The van der Waals surface area contributed by atoms with Crippen molar-refractivity contribution >= 4 is 5.91 Å². The van der Waals surface area contributed by atoms with E-state index in [1.165, 1.54) is 0 Å². The maximum absolute atomic E-state index is 12.3. The monoisotopic (exact) mass is 311 g/mol. The second-order valence-electron chi connectivity index (χ2n) is 5.43. The van der Waals surface area contributed by atoms with Gasteiger partial charge in [-0.25, -0.2) is 0 Å². The van der Waals surface area contributed by atoms with Crippen molar-refractivity contribution < 1.29 is 9.21 Å². The standard InChI is InChI=1S/C18H21N3O2/c1-20(11-6-10-19)18(22)15-21(14-17-9-5-12-23-17)13-16-7-3-2-4-8-16/h2-5,7-9,12H,6,11,13-15H2,1H3. The van der Waals surface area contributed by atoms with Gasteiger partial charge in [-0.15, -0.1) is 0 Å². The maximum Gasteiger partial charge on any atom is 0.236 e. The second-order valence-corrected chi connectivity index (χ2v) is 5.43. The lowest BCUT2D eigenvalue weighted by molar-refractivity contribution is -0.131. The van der Waals surface area contributed by atoms with Crippen LogP contribution in [0.15, 0.2) is 53.1 Å². The smallest absolute Gasteiger partial charge is 0.236 e. The Morgan fingerprint density at radius 2 is 1.96 bits per heavy atom. The van der Waals surface area contributed by atoms with Gasteiger partial charge in [-0.2, -0.15) is 5.26 Å². The van der Waals surface area contributed by atoms with Gasteiger partial charge in [0.05, 0.1) is 31.8 Å². The normalized spacial score (nSPS) is 10.5. The highest BCUT2D eigenvalue weighted by Crippen LogP contribution is 2.11. The quantitative estimate of drug-likeness (QED) is 0.752. The van der Waals surface area contributed by atoms with Crippen molar-refractivity contribution in [2.45, 2.75) is 19.5 Å². The molecule has 0 saturated heterocycles. The lowest BCUT2D eigenvalue weighted by Gasteiger charge is -2.24. The predicted octanol–water partition coefficient (Wildman–Crippen LogP) is 2.65. The van der Waals surface area contributed by atoms with Crippen molar-refractivity contribution in [2.24, 2.45) is 0 Å². The first kappa shape index (κ1) is 16.8. The van der Waals surface area contributed by atoms with Crippen LogP contribution in [-0.4, -0.2) is 35.8 Å². The Labute approximate surface area is 136 Å². The number of benzene rings is 1. The number of carbonyl (C=O) groups excluding carboxylic acids is 1. The summed E-state index contributed by atoms with van der Waals surface area (Å²) < 4.78 is 5.40. The van der Waals surface area contributed by atoms with Crippen molar-refractivity contribution in [2.75, 3.05) is 20.1 Å². The number of furan rings is 1. The van der Waals surface area contributed by atoms with Crippen LogP contribution >= 0.6 is 0 Å². The van der Waals surface area contributed by atoms with Crippen molar-refractivity contribution in [1.29, 1.82) is 5.26 Å².